The number of carbonyl (C=O) groups is 2. The number of piperazine rings is 1. The first-order valence-electron chi connectivity index (χ1n) is 8.31. The number of rotatable bonds is 4. The third-order valence-corrected chi connectivity index (χ3v) is 4.95. The van der Waals surface area contributed by atoms with Gasteiger partial charge in [0.05, 0.1) is 20.3 Å². The lowest BCUT2D eigenvalue weighted by Crippen LogP contribution is -2.85. The van der Waals surface area contributed by atoms with Gasteiger partial charge in [-0.3, -0.25) is 9.59 Å². The minimum absolute atomic E-state index is 0.0175. The van der Waals surface area contributed by atoms with E-state index in [1.807, 2.05) is 0 Å². The SMILES string of the molecule is C=C1CCO[C@]2([C@@H](O)[C@@]3(C)COC(C)(C)O3)NC(=O)[C@@]1(NOC)NC2=O. The number of hydrogen-bond acceptors (Lipinski definition) is 8. The third-order valence-electron chi connectivity index (χ3n) is 4.95. The van der Waals surface area contributed by atoms with Gasteiger partial charge in [0.2, 0.25) is 5.66 Å². The van der Waals surface area contributed by atoms with E-state index in [1.165, 1.54) is 7.11 Å². The molecule has 4 saturated heterocycles. The normalized spacial score (nSPS) is 40.6. The van der Waals surface area contributed by atoms with E-state index < -0.39 is 40.7 Å². The Labute approximate surface area is 151 Å². The minimum atomic E-state index is -2.03. The van der Waals surface area contributed by atoms with Crippen molar-refractivity contribution in [1.29, 1.82) is 0 Å². The van der Waals surface area contributed by atoms with Crippen LogP contribution in [-0.2, 0) is 28.6 Å². The predicted molar refractivity (Wildman–Crippen MR) is 87.1 cm³/mol. The fourth-order valence-electron chi connectivity index (χ4n) is 3.58. The Bertz CT molecular complexity index is 654. The number of hydroxylamine groups is 1. The molecule has 0 aliphatic carbocycles. The molecule has 4 atom stereocenters. The van der Waals surface area contributed by atoms with Crippen LogP contribution in [0.15, 0.2) is 12.2 Å². The van der Waals surface area contributed by atoms with Crippen LogP contribution in [0.4, 0.5) is 0 Å². The molecule has 146 valence electrons. The summed E-state index contributed by atoms with van der Waals surface area (Å²) in [7, 11) is 1.32. The molecule has 4 heterocycles. The second-order valence-electron chi connectivity index (χ2n) is 7.41. The quantitative estimate of drug-likeness (QED) is 0.353. The van der Waals surface area contributed by atoms with Gasteiger partial charge in [0.25, 0.3) is 17.5 Å². The van der Waals surface area contributed by atoms with Crippen LogP contribution in [-0.4, -0.2) is 66.1 Å². The molecule has 0 saturated carbocycles. The molecule has 10 nitrogen and oxygen atoms in total. The van der Waals surface area contributed by atoms with Gasteiger partial charge in [-0.1, -0.05) is 6.58 Å². The maximum atomic E-state index is 13.0. The van der Waals surface area contributed by atoms with E-state index >= 15 is 0 Å². The number of aliphatic hydroxyl groups is 1. The highest BCUT2D eigenvalue weighted by Crippen LogP contribution is 2.39. The van der Waals surface area contributed by atoms with Crippen LogP contribution in [0.1, 0.15) is 27.2 Å². The van der Waals surface area contributed by atoms with Crippen molar-refractivity contribution < 1.29 is 33.7 Å². The summed E-state index contributed by atoms with van der Waals surface area (Å²) >= 11 is 0. The number of hydrogen-bond donors (Lipinski definition) is 4. The fourth-order valence-corrected chi connectivity index (χ4v) is 3.58. The molecule has 26 heavy (non-hydrogen) atoms. The van der Waals surface area contributed by atoms with Crippen molar-refractivity contribution >= 4 is 11.8 Å². The molecule has 0 aromatic carbocycles. The molecule has 0 aromatic heterocycles. The van der Waals surface area contributed by atoms with Gasteiger partial charge in [0.15, 0.2) is 5.79 Å². The number of fused-ring (bicyclic) bond motifs is 5. The molecular formula is C16H25N3O7. The van der Waals surface area contributed by atoms with Crippen molar-refractivity contribution in [3.63, 3.8) is 0 Å². The Kier molecular flexibility index (Phi) is 4.42. The first-order chi connectivity index (χ1) is 12.0. The summed E-state index contributed by atoms with van der Waals surface area (Å²) in [6, 6.07) is 0. The lowest BCUT2D eigenvalue weighted by Gasteiger charge is -2.51. The molecule has 2 bridgehead atoms. The van der Waals surface area contributed by atoms with Gasteiger partial charge in [-0.05, 0) is 32.8 Å². The Hall–Kier alpha value is -1.56. The van der Waals surface area contributed by atoms with Gasteiger partial charge >= 0.3 is 0 Å². The molecule has 2 amide bonds. The molecule has 10 heteroatoms. The monoisotopic (exact) mass is 371 g/mol. The largest absolute Gasteiger partial charge is 0.384 e. The average Bonchev–Trinajstić information content (AvgIpc) is 2.84. The number of nitrogens with one attached hydrogen (secondary N) is 3. The zero-order chi connectivity index (χ0) is 19.4. The van der Waals surface area contributed by atoms with Crippen molar-refractivity contribution in [3.8, 4) is 0 Å². The molecule has 0 unspecified atom stereocenters. The van der Waals surface area contributed by atoms with E-state index in [0.717, 1.165) is 0 Å². The summed E-state index contributed by atoms with van der Waals surface area (Å²) < 4.78 is 17.0. The van der Waals surface area contributed by atoms with Crippen molar-refractivity contribution in [1.82, 2.24) is 16.1 Å². The Balaban J connectivity index is 1.98. The topological polar surface area (TPSA) is 127 Å². The van der Waals surface area contributed by atoms with E-state index in [-0.39, 0.29) is 19.6 Å². The van der Waals surface area contributed by atoms with Crippen LogP contribution in [0, 0.1) is 0 Å². The second-order valence-corrected chi connectivity index (χ2v) is 7.41. The van der Waals surface area contributed by atoms with Crippen LogP contribution in [0.25, 0.3) is 0 Å². The summed E-state index contributed by atoms with van der Waals surface area (Å²) in [6.07, 6.45) is -1.27. The Morgan fingerprint density at radius 2 is 1.92 bits per heavy atom. The number of ether oxygens (including phenoxy) is 3. The smallest absolute Gasteiger partial charge is 0.278 e. The number of amides is 2. The van der Waals surface area contributed by atoms with Gasteiger partial charge in [0, 0.05) is 0 Å². The molecule has 4 aliphatic heterocycles. The molecule has 0 aromatic rings. The second kappa shape index (κ2) is 5.98. The molecule has 0 spiro atoms. The lowest BCUT2D eigenvalue weighted by molar-refractivity contribution is -0.237. The predicted octanol–water partition coefficient (Wildman–Crippen LogP) is -1.34. The summed E-state index contributed by atoms with van der Waals surface area (Å²) in [5.41, 5.74) is -2.10. The Morgan fingerprint density at radius 3 is 2.50 bits per heavy atom. The van der Waals surface area contributed by atoms with Gasteiger partial charge in [-0.15, -0.1) is 0 Å². The van der Waals surface area contributed by atoms with E-state index in [1.54, 1.807) is 20.8 Å². The molecule has 4 aliphatic rings. The van der Waals surface area contributed by atoms with E-state index in [4.69, 9.17) is 19.0 Å². The van der Waals surface area contributed by atoms with Crippen LogP contribution >= 0.6 is 0 Å². The zero-order valence-corrected chi connectivity index (χ0v) is 15.3. The number of carbonyl (C=O) groups excluding carboxylic acids is 2. The lowest BCUT2D eigenvalue weighted by atomic mass is 9.84. The molecule has 4 fully saturated rings. The highest BCUT2D eigenvalue weighted by molar-refractivity contribution is 6.03. The fraction of sp³-hybridized carbons (Fsp3) is 0.750. The van der Waals surface area contributed by atoms with E-state index in [2.05, 4.69) is 22.7 Å². The summed E-state index contributed by atoms with van der Waals surface area (Å²) in [5.74, 6) is -2.35. The summed E-state index contributed by atoms with van der Waals surface area (Å²) in [5, 5.41) is 16.1. The number of aliphatic hydroxyl groups excluding tert-OH is 1. The summed E-state index contributed by atoms with van der Waals surface area (Å²) in [4.78, 5) is 30.7. The van der Waals surface area contributed by atoms with E-state index in [9.17, 15) is 14.7 Å². The first-order valence-corrected chi connectivity index (χ1v) is 8.31. The molecule has 4 rings (SSSR count). The highest BCUT2D eigenvalue weighted by Gasteiger charge is 2.66. The summed E-state index contributed by atoms with van der Waals surface area (Å²) in [6.45, 7) is 8.89. The zero-order valence-electron chi connectivity index (χ0n) is 15.3. The Morgan fingerprint density at radius 1 is 1.23 bits per heavy atom. The third kappa shape index (κ3) is 2.65. The standard InChI is InChI=1S/C16H25N3O7/c1-9-6-7-24-16(10(20)14(4)8-25-13(2,3)26-14)12(22)17-15(9,19-23-5)11(21)18-16/h10,19-20H,1,6-8H2,2-5H3,(H,17,22)(H,18,21)/t10-,14+,15+,16-/m0/s1. The van der Waals surface area contributed by atoms with Gasteiger partial charge in [0.1, 0.15) is 11.7 Å². The van der Waals surface area contributed by atoms with Crippen molar-refractivity contribution in [2.75, 3.05) is 20.3 Å². The minimum Gasteiger partial charge on any atom is -0.384 e. The van der Waals surface area contributed by atoms with Crippen molar-refractivity contribution in [3.05, 3.63) is 12.2 Å². The van der Waals surface area contributed by atoms with Crippen molar-refractivity contribution in [2.24, 2.45) is 0 Å². The maximum absolute atomic E-state index is 13.0. The molecular weight excluding hydrogens is 346 g/mol. The van der Waals surface area contributed by atoms with Crippen LogP contribution in [0.3, 0.4) is 0 Å². The average molecular weight is 371 g/mol. The van der Waals surface area contributed by atoms with E-state index in [0.29, 0.717) is 5.57 Å². The first kappa shape index (κ1) is 19.2. The van der Waals surface area contributed by atoms with Crippen LogP contribution < -0.4 is 16.1 Å². The van der Waals surface area contributed by atoms with Crippen LogP contribution in [0.5, 0.6) is 0 Å². The maximum Gasteiger partial charge on any atom is 0.278 e. The van der Waals surface area contributed by atoms with Crippen LogP contribution in [0.2, 0.25) is 0 Å². The van der Waals surface area contributed by atoms with Gasteiger partial charge in [-0.25, -0.2) is 0 Å². The van der Waals surface area contributed by atoms with Crippen molar-refractivity contribution in [2.45, 2.75) is 56.1 Å². The highest BCUT2D eigenvalue weighted by atomic mass is 16.8. The molecule has 0 radical (unpaired) electrons. The molecule has 4 N–H and O–H groups in total. The van der Waals surface area contributed by atoms with Gasteiger partial charge in [-0.2, -0.15) is 5.48 Å². The van der Waals surface area contributed by atoms with Gasteiger partial charge < -0.3 is 34.8 Å².